The third kappa shape index (κ3) is 2.98. The Bertz CT molecular complexity index is 339. The van der Waals surface area contributed by atoms with Crippen molar-refractivity contribution in [1.29, 1.82) is 0 Å². The highest BCUT2D eigenvalue weighted by atomic mass is 17.2. The van der Waals surface area contributed by atoms with Crippen LogP contribution in [-0.2, 0) is 28.8 Å². The van der Waals surface area contributed by atoms with Gasteiger partial charge in [0.05, 0.1) is 31.8 Å². The van der Waals surface area contributed by atoms with Gasteiger partial charge < -0.3 is 14.2 Å². The smallest absolute Gasteiger partial charge is 0.314 e. The van der Waals surface area contributed by atoms with Crippen molar-refractivity contribution in [3.8, 4) is 0 Å². The van der Waals surface area contributed by atoms with Crippen molar-refractivity contribution in [2.75, 3.05) is 26.4 Å². The monoisotopic (exact) mass is 288 g/mol. The predicted molar refractivity (Wildman–Crippen MR) is 69.7 cm³/mol. The highest BCUT2D eigenvalue weighted by Gasteiger charge is 2.55. The maximum atomic E-state index is 12.3. The zero-order valence-corrected chi connectivity index (χ0v) is 12.5. The summed E-state index contributed by atoms with van der Waals surface area (Å²) < 4.78 is 16.6. The van der Waals surface area contributed by atoms with Gasteiger partial charge in [-0.15, -0.1) is 0 Å². The molecule has 20 heavy (non-hydrogen) atoms. The lowest BCUT2D eigenvalue weighted by Crippen LogP contribution is -2.53. The minimum absolute atomic E-state index is 0.252. The molecule has 2 rings (SSSR count). The van der Waals surface area contributed by atoms with Gasteiger partial charge in [0.2, 0.25) is 0 Å². The SMILES string of the molecule is CCOO[C@H]1CC2(CC[C@@]1(C)C(=O)OCC)OCCO2. The van der Waals surface area contributed by atoms with Gasteiger partial charge in [0, 0.05) is 12.8 Å². The highest BCUT2D eigenvalue weighted by Crippen LogP contribution is 2.46. The molecule has 0 aromatic heterocycles. The Balaban J connectivity index is 2.12. The number of carbonyl (C=O) groups is 1. The number of ether oxygens (including phenoxy) is 3. The lowest BCUT2D eigenvalue weighted by Gasteiger charge is -2.44. The minimum Gasteiger partial charge on any atom is -0.465 e. The molecule has 6 nitrogen and oxygen atoms in total. The molecule has 0 radical (unpaired) electrons. The number of rotatable bonds is 5. The maximum Gasteiger partial charge on any atom is 0.314 e. The van der Waals surface area contributed by atoms with Gasteiger partial charge in [0.25, 0.3) is 0 Å². The third-order valence-electron chi connectivity index (χ3n) is 4.09. The summed E-state index contributed by atoms with van der Waals surface area (Å²) in [5.74, 6) is -0.883. The van der Waals surface area contributed by atoms with Crippen molar-refractivity contribution in [3.05, 3.63) is 0 Å². The Morgan fingerprint density at radius 3 is 2.50 bits per heavy atom. The molecule has 6 heteroatoms. The van der Waals surface area contributed by atoms with E-state index in [2.05, 4.69) is 0 Å². The van der Waals surface area contributed by atoms with Crippen LogP contribution in [0, 0.1) is 5.41 Å². The first-order valence-corrected chi connectivity index (χ1v) is 7.30. The third-order valence-corrected chi connectivity index (χ3v) is 4.09. The van der Waals surface area contributed by atoms with E-state index in [1.54, 1.807) is 6.92 Å². The topological polar surface area (TPSA) is 63.2 Å². The van der Waals surface area contributed by atoms with Crippen LogP contribution >= 0.6 is 0 Å². The standard InChI is InChI=1S/C14H24O6/c1-4-16-12(15)13(3)6-7-14(17-8-9-18-14)10-11(13)20-19-5-2/h11H,4-10H2,1-3H3/t11-,13+/m0/s1. The molecule has 0 aromatic carbocycles. The maximum absolute atomic E-state index is 12.3. The molecule has 1 saturated carbocycles. The molecule has 0 amide bonds. The second-order valence-electron chi connectivity index (χ2n) is 5.44. The summed E-state index contributed by atoms with van der Waals surface area (Å²) in [6, 6.07) is 0. The van der Waals surface area contributed by atoms with Crippen LogP contribution in [0.2, 0.25) is 0 Å². The normalized spacial score (nSPS) is 32.5. The molecule has 2 fully saturated rings. The van der Waals surface area contributed by atoms with E-state index in [1.807, 2.05) is 13.8 Å². The Morgan fingerprint density at radius 1 is 1.20 bits per heavy atom. The van der Waals surface area contributed by atoms with Gasteiger partial charge in [-0.1, -0.05) is 0 Å². The van der Waals surface area contributed by atoms with Gasteiger partial charge >= 0.3 is 5.97 Å². The summed E-state index contributed by atoms with van der Waals surface area (Å²) in [4.78, 5) is 22.8. The van der Waals surface area contributed by atoms with Gasteiger partial charge in [-0.2, -0.15) is 0 Å². The molecule has 1 aliphatic heterocycles. The molecule has 2 aliphatic rings. The van der Waals surface area contributed by atoms with E-state index in [-0.39, 0.29) is 5.97 Å². The molecule has 0 N–H and O–H groups in total. The number of esters is 1. The lowest BCUT2D eigenvalue weighted by molar-refractivity contribution is -0.362. The molecule has 2 atom stereocenters. The quantitative estimate of drug-likeness (QED) is 0.437. The van der Waals surface area contributed by atoms with E-state index in [1.165, 1.54) is 0 Å². The average Bonchev–Trinajstić information content (AvgIpc) is 2.89. The van der Waals surface area contributed by atoms with Crippen LogP contribution in [0.4, 0.5) is 0 Å². The summed E-state index contributed by atoms with van der Waals surface area (Å²) in [7, 11) is 0. The molecular weight excluding hydrogens is 264 g/mol. The zero-order chi connectivity index (χ0) is 14.6. The van der Waals surface area contributed by atoms with Crippen LogP contribution in [-0.4, -0.2) is 44.3 Å². The molecule has 1 aliphatic carbocycles. The van der Waals surface area contributed by atoms with Crippen LogP contribution < -0.4 is 0 Å². The second kappa shape index (κ2) is 6.39. The summed E-state index contributed by atoms with van der Waals surface area (Å²) >= 11 is 0. The molecule has 0 aromatic rings. The van der Waals surface area contributed by atoms with Crippen LogP contribution in [0.3, 0.4) is 0 Å². The summed E-state index contributed by atoms with van der Waals surface area (Å²) in [5.41, 5.74) is -0.730. The van der Waals surface area contributed by atoms with Crippen LogP contribution in [0.1, 0.15) is 40.0 Å². The van der Waals surface area contributed by atoms with E-state index in [0.29, 0.717) is 45.7 Å². The molecule has 0 unspecified atom stereocenters. The second-order valence-corrected chi connectivity index (χ2v) is 5.44. The lowest BCUT2D eigenvalue weighted by atomic mass is 9.71. The average molecular weight is 288 g/mol. The van der Waals surface area contributed by atoms with Gasteiger partial charge in [-0.25, -0.2) is 9.78 Å². The zero-order valence-electron chi connectivity index (χ0n) is 12.5. The van der Waals surface area contributed by atoms with Crippen LogP contribution in [0.15, 0.2) is 0 Å². The Kier molecular flexibility index (Phi) is 5.01. The Labute approximate surface area is 119 Å². The molecule has 0 bridgehead atoms. The summed E-state index contributed by atoms with van der Waals surface area (Å²) in [6.07, 6.45) is 1.29. The van der Waals surface area contributed by atoms with E-state index >= 15 is 0 Å². The van der Waals surface area contributed by atoms with Crippen molar-refractivity contribution >= 4 is 5.97 Å². The predicted octanol–water partition coefficient (Wildman–Crippen LogP) is 1.82. The Hall–Kier alpha value is -0.690. The number of hydrogen-bond acceptors (Lipinski definition) is 6. The van der Waals surface area contributed by atoms with E-state index in [4.69, 9.17) is 24.0 Å². The van der Waals surface area contributed by atoms with Gasteiger partial charge in [-0.05, 0) is 27.2 Å². The fourth-order valence-corrected chi connectivity index (χ4v) is 2.80. The van der Waals surface area contributed by atoms with Crippen LogP contribution in [0.5, 0.6) is 0 Å². The molecular formula is C14H24O6. The highest BCUT2D eigenvalue weighted by molar-refractivity contribution is 5.77. The first-order chi connectivity index (χ1) is 9.56. The van der Waals surface area contributed by atoms with Crippen molar-refractivity contribution in [1.82, 2.24) is 0 Å². The van der Waals surface area contributed by atoms with Gasteiger partial charge in [0.15, 0.2) is 5.79 Å². The number of hydrogen-bond donors (Lipinski definition) is 0. The van der Waals surface area contributed by atoms with Gasteiger partial charge in [0.1, 0.15) is 6.10 Å². The molecule has 1 saturated heterocycles. The van der Waals surface area contributed by atoms with E-state index in [0.717, 1.165) is 0 Å². The van der Waals surface area contributed by atoms with Crippen molar-refractivity contribution in [3.63, 3.8) is 0 Å². The van der Waals surface area contributed by atoms with Gasteiger partial charge in [-0.3, -0.25) is 4.79 Å². The van der Waals surface area contributed by atoms with Crippen molar-refractivity contribution in [2.45, 2.75) is 51.9 Å². The number of carbonyl (C=O) groups excluding carboxylic acids is 1. The summed E-state index contributed by atoms with van der Waals surface area (Å²) in [6.45, 7) is 7.43. The van der Waals surface area contributed by atoms with Crippen molar-refractivity contribution in [2.24, 2.45) is 5.41 Å². The van der Waals surface area contributed by atoms with E-state index in [9.17, 15) is 4.79 Å². The largest absolute Gasteiger partial charge is 0.465 e. The fraction of sp³-hybridized carbons (Fsp3) is 0.929. The molecule has 1 heterocycles. The molecule has 116 valence electrons. The van der Waals surface area contributed by atoms with E-state index < -0.39 is 17.3 Å². The first kappa shape index (κ1) is 15.7. The molecule has 1 spiro atoms. The van der Waals surface area contributed by atoms with Crippen molar-refractivity contribution < 1.29 is 28.8 Å². The first-order valence-electron chi connectivity index (χ1n) is 7.30. The van der Waals surface area contributed by atoms with Crippen LogP contribution in [0.25, 0.3) is 0 Å². The fourth-order valence-electron chi connectivity index (χ4n) is 2.80. The minimum atomic E-state index is -0.730. The summed E-state index contributed by atoms with van der Waals surface area (Å²) in [5, 5.41) is 0. The Morgan fingerprint density at radius 2 is 1.90 bits per heavy atom.